The third-order valence-corrected chi connectivity index (χ3v) is 9.40. The third kappa shape index (κ3) is 17.1. The Morgan fingerprint density at radius 2 is 1.05 bits per heavy atom. The van der Waals surface area contributed by atoms with Gasteiger partial charge in [-0.15, -0.1) is 12.3 Å². The van der Waals surface area contributed by atoms with Gasteiger partial charge < -0.3 is 0 Å². The summed E-state index contributed by atoms with van der Waals surface area (Å²) in [5.74, 6) is 2.79. The van der Waals surface area contributed by atoms with Gasteiger partial charge >= 0.3 is 56.5 Å². The third-order valence-electron chi connectivity index (χ3n) is 4.30. The fraction of sp³-hybridized carbons (Fsp3) is 0.103. The number of thiocarbonyl (C=S) groups is 1. The van der Waals surface area contributed by atoms with E-state index in [1.54, 1.807) is 0 Å². The van der Waals surface area contributed by atoms with Crippen LogP contribution in [0, 0.1) is 45.6 Å². The molecule has 3 aromatic carbocycles. The molecule has 190 valence electrons. The van der Waals surface area contributed by atoms with Gasteiger partial charge in [-0.3, -0.25) is 0 Å². The molecule has 0 bridgehead atoms. The monoisotopic (exact) mass is 729 g/mol. The van der Waals surface area contributed by atoms with E-state index in [0.29, 0.717) is 5.25 Å². The van der Waals surface area contributed by atoms with Crippen molar-refractivity contribution in [3.63, 3.8) is 0 Å². The standard InChI is InChI=1S/C24H21PS2.5CO.W/c1-2-3-19-23(20-13-7-4-8-14-20)27-24(26)25(21-15-9-5-10-16-21)22-17-11-6-12-18-22;5*1-2;/h1,4-18,23H,3,19H2;;;;;;/p+1. The van der Waals surface area contributed by atoms with Crippen LogP contribution in [0.2, 0.25) is 0 Å². The van der Waals surface area contributed by atoms with Gasteiger partial charge in [0.2, 0.25) is 0 Å². The molecule has 5 nitrogen and oxygen atoms in total. The van der Waals surface area contributed by atoms with Gasteiger partial charge in [0.05, 0.1) is 0 Å². The second kappa shape index (κ2) is 32.5. The molecule has 0 saturated carbocycles. The number of benzene rings is 3. The van der Waals surface area contributed by atoms with Crippen LogP contribution in [0.5, 0.6) is 0 Å². The average molecular weight is 729 g/mol. The zero-order valence-corrected chi connectivity index (χ0v) is 25.6. The Hall–Kier alpha value is -2.52. The van der Waals surface area contributed by atoms with Crippen LogP contribution in [-0.2, 0) is 44.3 Å². The van der Waals surface area contributed by atoms with Crippen molar-refractivity contribution in [1.82, 2.24) is 0 Å². The van der Waals surface area contributed by atoms with Crippen molar-refractivity contribution >= 4 is 46.4 Å². The Bertz CT molecular complexity index is 1050. The molecule has 1 unspecified atom stereocenters. The molecule has 0 aliphatic rings. The van der Waals surface area contributed by atoms with Gasteiger partial charge in [-0.2, -0.15) is 0 Å². The summed E-state index contributed by atoms with van der Waals surface area (Å²) in [5, 5.41) is 2.95. The topological polar surface area (TPSA) is 99.5 Å². The largest absolute Gasteiger partial charge is 0 e. The van der Waals surface area contributed by atoms with Gasteiger partial charge in [0.25, 0.3) is 0 Å². The molecule has 0 heterocycles. The van der Waals surface area contributed by atoms with Crippen molar-refractivity contribution in [1.29, 1.82) is 0 Å². The van der Waals surface area contributed by atoms with Crippen molar-refractivity contribution in [3.05, 3.63) is 130 Å². The number of hydrogen-bond donors (Lipinski definition) is 0. The summed E-state index contributed by atoms with van der Waals surface area (Å²) in [5.41, 5.74) is 1.29. The van der Waals surface area contributed by atoms with Crippen LogP contribution in [-0.4, -0.2) is 3.94 Å². The van der Waals surface area contributed by atoms with Crippen LogP contribution in [0.15, 0.2) is 91.0 Å². The van der Waals surface area contributed by atoms with Crippen molar-refractivity contribution < 1.29 is 44.3 Å². The summed E-state index contributed by atoms with van der Waals surface area (Å²) >= 11 is 7.84. The van der Waals surface area contributed by atoms with E-state index >= 15 is 0 Å². The molecule has 3 aromatic rings. The average Bonchev–Trinajstić information content (AvgIpc) is 3.02. The quantitative estimate of drug-likeness (QED) is 0.101. The van der Waals surface area contributed by atoms with E-state index in [0.717, 1.165) is 16.8 Å². The van der Waals surface area contributed by atoms with Gasteiger partial charge in [0.15, 0.2) is 3.94 Å². The van der Waals surface area contributed by atoms with Gasteiger partial charge in [0, 0.05) is 32.7 Å². The second-order valence-electron chi connectivity index (χ2n) is 6.15. The van der Waals surface area contributed by atoms with Crippen LogP contribution in [0.1, 0.15) is 23.7 Å². The van der Waals surface area contributed by atoms with Crippen LogP contribution in [0.4, 0.5) is 0 Å². The minimum Gasteiger partial charge on any atom is 0 e. The molecule has 0 spiro atoms. The zero-order chi connectivity index (χ0) is 28.9. The summed E-state index contributed by atoms with van der Waals surface area (Å²) in [7, 11) is -1.16. The Morgan fingerprint density at radius 3 is 1.39 bits per heavy atom. The number of hydrogen-bond acceptors (Lipinski definition) is 2. The molecular weight excluding hydrogens is 707 g/mol. The molecule has 3 rings (SSSR count). The zero-order valence-electron chi connectivity index (χ0n) is 20.0. The SMILES string of the molecule is C#CCCC(SC(=S)[PH+](c1ccccc1)c1ccccc1)c1ccccc1.[C-]#[O+].[C-]#[O+].[C-]#[O+].[C-]#[O+].[C-]#[O+].[W]. The first-order valence-corrected chi connectivity index (χ1v) is 12.8. The van der Waals surface area contributed by atoms with Crippen molar-refractivity contribution in [3.8, 4) is 12.3 Å². The van der Waals surface area contributed by atoms with Crippen molar-refractivity contribution in [2.45, 2.75) is 18.1 Å². The molecular formula is C29H22O5PS2W+. The molecule has 38 heavy (non-hydrogen) atoms. The molecule has 9 heteroatoms. The molecule has 0 radical (unpaired) electrons. The predicted molar refractivity (Wildman–Crippen MR) is 148 cm³/mol. The van der Waals surface area contributed by atoms with E-state index in [4.69, 9.17) is 41.9 Å². The molecule has 0 aliphatic heterocycles. The van der Waals surface area contributed by atoms with E-state index in [1.807, 2.05) is 17.8 Å². The summed E-state index contributed by atoms with van der Waals surface area (Å²) in [6, 6.07) is 31.9. The Morgan fingerprint density at radius 1 is 0.711 bits per heavy atom. The van der Waals surface area contributed by atoms with E-state index in [9.17, 15) is 0 Å². The number of rotatable bonds is 7. The van der Waals surface area contributed by atoms with Crippen LogP contribution < -0.4 is 10.6 Å². The maximum absolute atomic E-state index is 7.50. The smallest absolute Gasteiger partial charge is 0 e. The molecule has 0 saturated heterocycles. The van der Waals surface area contributed by atoms with Crippen LogP contribution in [0.3, 0.4) is 0 Å². The van der Waals surface area contributed by atoms with Gasteiger partial charge in [-0.05, 0) is 48.5 Å². The summed E-state index contributed by atoms with van der Waals surface area (Å²) in [6.45, 7) is 22.5. The number of terminal acetylenes is 1. The fourth-order valence-electron chi connectivity index (χ4n) is 2.98. The minimum absolute atomic E-state index is 0. The molecule has 0 amide bonds. The Kier molecular flexibility index (Phi) is 36.4. The van der Waals surface area contributed by atoms with E-state index in [-0.39, 0.29) is 21.1 Å². The van der Waals surface area contributed by atoms with E-state index in [2.05, 4.69) is 124 Å². The van der Waals surface area contributed by atoms with Gasteiger partial charge in [0.1, 0.15) is 18.5 Å². The predicted octanol–water partition coefficient (Wildman–Crippen LogP) is 5.83. The maximum atomic E-state index is 7.50. The van der Waals surface area contributed by atoms with Gasteiger partial charge in [-0.25, -0.2) is 0 Å². The first-order chi connectivity index (χ1) is 18.3. The summed E-state index contributed by atoms with van der Waals surface area (Å²) < 4.78 is 38.6. The molecule has 0 fully saturated rings. The molecule has 0 aromatic heterocycles. The van der Waals surface area contributed by atoms with Gasteiger partial charge in [-0.1, -0.05) is 78.5 Å². The summed E-state index contributed by atoms with van der Waals surface area (Å²) in [6.07, 6.45) is 7.23. The maximum Gasteiger partial charge on any atom is 0 e. The van der Waals surface area contributed by atoms with Crippen molar-refractivity contribution in [2.24, 2.45) is 0 Å². The first-order valence-electron chi connectivity index (χ1n) is 9.99. The first kappa shape index (κ1) is 42.6. The molecule has 1 atom stereocenters. The molecule has 0 aliphatic carbocycles. The van der Waals surface area contributed by atoms with Crippen LogP contribution >= 0.6 is 31.9 Å². The molecule has 0 N–H and O–H groups in total. The van der Waals surface area contributed by atoms with E-state index < -0.39 is 7.92 Å². The van der Waals surface area contributed by atoms with Crippen LogP contribution in [0.25, 0.3) is 0 Å². The Balaban J connectivity index is -0.000000472. The fourth-order valence-corrected chi connectivity index (χ4v) is 8.28. The Labute approximate surface area is 249 Å². The summed E-state index contributed by atoms with van der Waals surface area (Å²) in [4.78, 5) is 0. The number of thioether (sulfide) groups is 1. The normalized spacial score (nSPS) is 8.58. The second-order valence-corrected chi connectivity index (χ2v) is 11.2. The minimum atomic E-state index is -1.16. The van der Waals surface area contributed by atoms with Crippen molar-refractivity contribution in [2.75, 3.05) is 0 Å². The van der Waals surface area contributed by atoms with E-state index in [1.165, 1.54) is 16.2 Å².